The van der Waals surface area contributed by atoms with Crippen molar-refractivity contribution in [3.05, 3.63) is 23.4 Å². The largest absolute Gasteiger partial charge is 0.353 e. The average molecular weight is 245 g/mol. The van der Waals surface area contributed by atoms with E-state index in [9.17, 15) is 0 Å². The molecule has 98 valence electrons. The smallest absolute Gasteiger partial charge is 0.128 e. The summed E-state index contributed by atoms with van der Waals surface area (Å²) in [5, 5.41) is 3.57. The SMILES string of the molecule is CCc1nc(N2CC3CC(C2)N3)ccc1C(C)C. The highest BCUT2D eigenvalue weighted by Crippen LogP contribution is 2.27. The van der Waals surface area contributed by atoms with Crippen LogP contribution >= 0.6 is 0 Å². The highest BCUT2D eigenvalue weighted by atomic mass is 15.3. The van der Waals surface area contributed by atoms with Gasteiger partial charge in [-0.05, 0) is 30.4 Å². The van der Waals surface area contributed by atoms with Crippen LogP contribution in [0, 0.1) is 0 Å². The van der Waals surface area contributed by atoms with Crippen LogP contribution in [0.15, 0.2) is 12.1 Å². The Balaban J connectivity index is 1.84. The van der Waals surface area contributed by atoms with Crippen LogP contribution in [0.2, 0.25) is 0 Å². The van der Waals surface area contributed by atoms with E-state index < -0.39 is 0 Å². The summed E-state index contributed by atoms with van der Waals surface area (Å²) in [5.74, 6) is 1.74. The molecule has 3 heteroatoms. The van der Waals surface area contributed by atoms with Gasteiger partial charge in [-0.3, -0.25) is 0 Å². The van der Waals surface area contributed by atoms with Crippen LogP contribution in [0.25, 0.3) is 0 Å². The Kier molecular flexibility index (Phi) is 3.02. The lowest BCUT2D eigenvalue weighted by molar-refractivity contribution is 0.225. The number of fused-ring (bicyclic) bond motifs is 2. The van der Waals surface area contributed by atoms with Crippen molar-refractivity contribution in [2.45, 2.75) is 51.6 Å². The van der Waals surface area contributed by atoms with Crippen LogP contribution in [-0.2, 0) is 6.42 Å². The van der Waals surface area contributed by atoms with Crippen molar-refractivity contribution < 1.29 is 0 Å². The second-order valence-corrected chi connectivity index (χ2v) is 5.91. The van der Waals surface area contributed by atoms with E-state index in [1.165, 1.54) is 23.5 Å². The van der Waals surface area contributed by atoms with Crippen molar-refractivity contribution >= 4 is 5.82 Å². The zero-order chi connectivity index (χ0) is 12.7. The normalized spacial score (nSPS) is 26.3. The Labute approximate surface area is 110 Å². The standard InChI is InChI=1S/C15H23N3/c1-4-14-13(10(2)3)5-6-15(17-14)18-8-11-7-12(9-18)16-11/h5-6,10-12,16H,4,7-9H2,1-3H3. The summed E-state index contributed by atoms with van der Waals surface area (Å²) in [5.41, 5.74) is 2.68. The predicted molar refractivity (Wildman–Crippen MR) is 75.2 cm³/mol. The summed E-state index contributed by atoms with van der Waals surface area (Å²) >= 11 is 0. The maximum absolute atomic E-state index is 4.89. The molecule has 2 bridgehead atoms. The van der Waals surface area contributed by atoms with Gasteiger partial charge in [0.2, 0.25) is 0 Å². The molecule has 4 rings (SSSR count). The van der Waals surface area contributed by atoms with Crippen LogP contribution in [0.5, 0.6) is 0 Å². The molecule has 3 saturated heterocycles. The van der Waals surface area contributed by atoms with E-state index in [4.69, 9.17) is 4.98 Å². The number of aromatic nitrogens is 1. The molecule has 18 heavy (non-hydrogen) atoms. The molecule has 1 aromatic heterocycles. The number of piperazine rings is 1. The summed E-state index contributed by atoms with van der Waals surface area (Å²) in [6.07, 6.45) is 2.38. The van der Waals surface area contributed by atoms with Crippen molar-refractivity contribution in [3.63, 3.8) is 0 Å². The van der Waals surface area contributed by atoms with Crippen molar-refractivity contribution in [3.8, 4) is 0 Å². The fourth-order valence-corrected chi connectivity index (χ4v) is 3.19. The van der Waals surface area contributed by atoms with E-state index in [-0.39, 0.29) is 0 Å². The monoisotopic (exact) mass is 245 g/mol. The Morgan fingerprint density at radius 3 is 2.56 bits per heavy atom. The minimum atomic E-state index is 0.568. The van der Waals surface area contributed by atoms with Gasteiger partial charge >= 0.3 is 0 Å². The number of hydrogen-bond acceptors (Lipinski definition) is 3. The first kappa shape index (κ1) is 12.0. The van der Waals surface area contributed by atoms with Gasteiger partial charge in [-0.15, -0.1) is 0 Å². The number of aryl methyl sites for hydroxylation is 1. The second-order valence-electron chi connectivity index (χ2n) is 5.91. The van der Waals surface area contributed by atoms with E-state index in [0.29, 0.717) is 18.0 Å². The number of nitrogens with zero attached hydrogens (tertiary/aromatic N) is 2. The van der Waals surface area contributed by atoms with Gasteiger partial charge in [0.25, 0.3) is 0 Å². The fourth-order valence-electron chi connectivity index (χ4n) is 3.19. The van der Waals surface area contributed by atoms with Crippen LogP contribution < -0.4 is 10.2 Å². The highest BCUT2D eigenvalue weighted by Gasteiger charge is 2.36. The number of piperidine rings is 1. The summed E-state index contributed by atoms with van der Waals surface area (Å²) in [6.45, 7) is 8.93. The number of hydrogen-bond donors (Lipinski definition) is 1. The Hall–Kier alpha value is -1.09. The topological polar surface area (TPSA) is 28.2 Å². The summed E-state index contributed by atoms with van der Waals surface area (Å²) in [4.78, 5) is 7.33. The lowest BCUT2D eigenvalue weighted by Crippen LogP contribution is -2.67. The minimum absolute atomic E-state index is 0.568. The van der Waals surface area contributed by atoms with Gasteiger partial charge in [0, 0.05) is 30.9 Å². The van der Waals surface area contributed by atoms with Crippen LogP contribution in [0.4, 0.5) is 5.82 Å². The molecule has 0 spiro atoms. The molecule has 4 heterocycles. The van der Waals surface area contributed by atoms with Gasteiger partial charge in [0.1, 0.15) is 5.82 Å². The van der Waals surface area contributed by atoms with Gasteiger partial charge in [-0.1, -0.05) is 26.8 Å². The highest BCUT2D eigenvalue weighted by molar-refractivity contribution is 5.44. The van der Waals surface area contributed by atoms with Crippen molar-refractivity contribution in [1.29, 1.82) is 0 Å². The van der Waals surface area contributed by atoms with Gasteiger partial charge in [-0.25, -0.2) is 4.98 Å². The number of nitrogens with one attached hydrogen (secondary N) is 1. The molecular formula is C15H23N3. The molecular weight excluding hydrogens is 222 g/mol. The summed E-state index contributed by atoms with van der Waals surface area (Å²) < 4.78 is 0. The van der Waals surface area contributed by atoms with E-state index in [2.05, 4.69) is 43.1 Å². The first-order valence-corrected chi connectivity index (χ1v) is 7.18. The van der Waals surface area contributed by atoms with Crippen LogP contribution in [0.1, 0.15) is 44.4 Å². The zero-order valence-corrected chi connectivity index (χ0v) is 11.6. The third kappa shape index (κ3) is 2.01. The van der Waals surface area contributed by atoms with Gasteiger partial charge < -0.3 is 10.2 Å². The zero-order valence-electron chi connectivity index (χ0n) is 11.6. The van der Waals surface area contributed by atoms with Gasteiger partial charge in [0.05, 0.1) is 0 Å². The van der Waals surface area contributed by atoms with E-state index in [0.717, 1.165) is 19.5 Å². The molecule has 0 amide bonds. The van der Waals surface area contributed by atoms with E-state index in [1.807, 2.05) is 0 Å². The number of anilines is 1. The predicted octanol–water partition coefficient (Wildman–Crippen LogP) is 2.32. The molecule has 1 aromatic rings. The first-order chi connectivity index (χ1) is 8.67. The number of rotatable bonds is 3. The Morgan fingerprint density at radius 1 is 1.33 bits per heavy atom. The molecule has 1 N–H and O–H groups in total. The lowest BCUT2D eigenvalue weighted by Gasteiger charge is -2.48. The van der Waals surface area contributed by atoms with Crippen molar-refractivity contribution in [2.75, 3.05) is 18.0 Å². The molecule has 2 unspecified atom stereocenters. The summed E-state index contributed by atoms with van der Waals surface area (Å²) in [6, 6.07) is 5.87. The molecule has 0 aromatic carbocycles. The van der Waals surface area contributed by atoms with Crippen LogP contribution in [-0.4, -0.2) is 30.2 Å². The summed E-state index contributed by atoms with van der Waals surface area (Å²) in [7, 11) is 0. The molecule has 2 atom stereocenters. The first-order valence-electron chi connectivity index (χ1n) is 7.18. The third-order valence-electron chi connectivity index (χ3n) is 4.20. The second kappa shape index (κ2) is 4.54. The molecule has 0 radical (unpaired) electrons. The third-order valence-corrected chi connectivity index (χ3v) is 4.20. The van der Waals surface area contributed by atoms with Crippen LogP contribution in [0.3, 0.4) is 0 Å². The quantitative estimate of drug-likeness (QED) is 0.886. The van der Waals surface area contributed by atoms with Gasteiger partial charge in [-0.2, -0.15) is 0 Å². The minimum Gasteiger partial charge on any atom is -0.353 e. The average Bonchev–Trinajstić information content (AvgIpc) is 2.37. The molecule has 3 aliphatic heterocycles. The van der Waals surface area contributed by atoms with Crippen molar-refractivity contribution in [1.82, 2.24) is 10.3 Å². The van der Waals surface area contributed by atoms with E-state index in [1.54, 1.807) is 0 Å². The molecule has 0 aliphatic carbocycles. The van der Waals surface area contributed by atoms with Gasteiger partial charge in [0.15, 0.2) is 0 Å². The maximum atomic E-state index is 4.89. The van der Waals surface area contributed by atoms with E-state index >= 15 is 0 Å². The molecule has 0 saturated carbocycles. The molecule has 3 nitrogen and oxygen atoms in total. The Morgan fingerprint density at radius 2 is 2.00 bits per heavy atom. The molecule has 3 aliphatic rings. The van der Waals surface area contributed by atoms with Crippen molar-refractivity contribution in [2.24, 2.45) is 0 Å². The fraction of sp³-hybridized carbons (Fsp3) is 0.667. The lowest BCUT2D eigenvalue weighted by atomic mass is 9.91. The Bertz CT molecular complexity index is 425. The molecule has 3 fully saturated rings. The number of pyridine rings is 1. The maximum Gasteiger partial charge on any atom is 0.128 e.